The Labute approximate surface area is 109 Å². The van der Waals surface area contributed by atoms with Crippen LogP contribution in [0.3, 0.4) is 0 Å². The fourth-order valence-electron chi connectivity index (χ4n) is 1.46. The maximum atomic E-state index is 12.7. The summed E-state index contributed by atoms with van der Waals surface area (Å²) >= 11 is 3.15. The lowest BCUT2D eigenvalue weighted by atomic mass is 10.4. The molecule has 9 heteroatoms. The van der Waals surface area contributed by atoms with Crippen molar-refractivity contribution in [3.05, 3.63) is 10.6 Å². The summed E-state index contributed by atoms with van der Waals surface area (Å²) in [4.78, 5) is 12.6. The number of aromatic nitrogens is 4. The standard InChI is InChI=1S/C9H9BrF3N5/c1-17(2)5-4-6(18(3)8(10)14-4)16-7(15-5)9(11,12)13/h1-3H3. The topological polar surface area (TPSA) is 46.8 Å². The van der Waals surface area contributed by atoms with Crippen molar-refractivity contribution in [1.29, 1.82) is 0 Å². The molecule has 0 aliphatic rings. The molecule has 0 aliphatic heterocycles. The zero-order valence-corrected chi connectivity index (χ0v) is 11.3. The van der Waals surface area contributed by atoms with E-state index in [4.69, 9.17) is 0 Å². The van der Waals surface area contributed by atoms with Crippen LogP contribution < -0.4 is 4.90 Å². The van der Waals surface area contributed by atoms with Crippen molar-refractivity contribution in [3.8, 4) is 0 Å². The highest BCUT2D eigenvalue weighted by Crippen LogP contribution is 2.31. The Morgan fingerprint density at radius 1 is 1.17 bits per heavy atom. The second kappa shape index (κ2) is 4.08. The number of rotatable bonds is 1. The Hall–Kier alpha value is -1.38. The van der Waals surface area contributed by atoms with Crippen LogP contribution in [-0.2, 0) is 13.2 Å². The predicted molar refractivity (Wildman–Crippen MR) is 63.3 cm³/mol. The molecule has 0 radical (unpaired) electrons. The van der Waals surface area contributed by atoms with Gasteiger partial charge in [0.25, 0.3) is 0 Å². The van der Waals surface area contributed by atoms with Gasteiger partial charge in [-0.1, -0.05) is 0 Å². The highest BCUT2D eigenvalue weighted by molar-refractivity contribution is 9.10. The summed E-state index contributed by atoms with van der Waals surface area (Å²) in [5.41, 5.74) is 0.454. The normalized spacial score (nSPS) is 12.2. The molecule has 2 aromatic heterocycles. The van der Waals surface area contributed by atoms with E-state index < -0.39 is 12.0 Å². The van der Waals surface area contributed by atoms with Crippen LogP contribution in [0, 0.1) is 0 Å². The molecule has 0 amide bonds. The van der Waals surface area contributed by atoms with Crippen molar-refractivity contribution in [3.63, 3.8) is 0 Å². The maximum Gasteiger partial charge on any atom is 0.451 e. The van der Waals surface area contributed by atoms with E-state index in [0.29, 0.717) is 10.3 Å². The number of nitrogens with zero attached hydrogens (tertiary/aromatic N) is 5. The van der Waals surface area contributed by atoms with Crippen LogP contribution in [0.1, 0.15) is 5.82 Å². The number of aryl methyl sites for hydroxylation is 1. The van der Waals surface area contributed by atoms with E-state index in [-0.39, 0.29) is 11.5 Å². The molecule has 0 spiro atoms. The van der Waals surface area contributed by atoms with Crippen molar-refractivity contribution >= 4 is 32.9 Å². The zero-order valence-electron chi connectivity index (χ0n) is 9.75. The van der Waals surface area contributed by atoms with Gasteiger partial charge in [-0.15, -0.1) is 0 Å². The maximum absolute atomic E-state index is 12.7. The van der Waals surface area contributed by atoms with Gasteiger partial charge >= 0.3 is 6.18 Å². The fourth-order valence-corrected chi connectivity index (χ4v) is 1.80. The van der Waals surface area contributed by atoms with Crippen LogP contribution >= 0.6 is 15.9 Å². The van der Waals surface area contributed by atoms with Crippen LogP contribution in [0.2, 0.25) is 0 Å². The molecule has 18 heavy (non-hydrogen) atoms. The summed E-state index contributed by atoms with van der Waals surface area (Å²) in [5.74, 6) is -1.04. The van der Waals surface area contributed by atoms with Crippen LogP contribution in [0.5, 0.6) is 0 Å². The van der Waals surface area contributed by atoms with Gasteiger partial charge in [0, 0.05) is 21.1 Å². The first-order valence-corrected chi connectivity index (χ1v) is 5.65. The molecule has 0 aliphatic carbocycles. The number of alkyl halides is 3. The quantitative estimate of drug-likeness (QED) is 0.755. The molecule has 2 rings (SSSR count). The molecule has 2 aromatic rings. The number of halogens is 4. The Morgan fingerprint density at radius 3 is 2.28 bits per heavy atom. The molecule has 2 heterocycles. The number of fused-ring (bicyclic) bond motifs is 1. The monoisotopic (exact) mass is 323 g/mol. The Morgan fingerprint density at radius 2 is 1.78 bits per heavy atom. The van der Waals surface area contributed by atoms with E-state index in [9.17, 15) is 13.2 Å². The van der Waals surface area contributed by atoms with Crippen molar-refractivity contribution in [1.82, 2.24) is 19.5 Å². The van der Waals surface area contributed by atoms with Gasteiger partial charge in [-0.05, 0) is 15.9 Å². The molecule has 0 saturated heterocycles. The summed E-state index contributed by atoms with van der Waals surface area (Å²) < 4.78 is 40.0. The van der Waals surface area contributed by atoms with Gasteiger partial charge in [0.2, 0.25) is 5.82 Å². The van der Waals surface area contributed by atoms with E-state index in [1.165, 1.54) is 9.47 Å². The van der Waals surface area contributed by atoms with Crippen molar-refractivity contribution in [2.24, 2.45) is 7.05 Å². The van der Waals surface area contributed by atoms with Crippen LogP contribution in [0.25, 0.3) is 11.2 Å². The van der Waals surface area contributed by atoms with Crippen molar-refractivity contribution in [2.75, 3.05) is 19.0 Å². The van der Waals surface area contributed by atoms with Gasteiger partial charge in [-0.3, -0.25) is 0 Å². The minimum Gasteiger partial charge on any atom is -0.361 e. The molecule has 0 unspecified atom stereocenters. The minimum atomic E-state index is -4.59. The lowest BCUT2D eigenvalue weighted by Crippen LogP contribution is -2.17. The Balaban J connectivity index is 2.84. The summed E-state index contributed by atoms with van der Waals surface area (Å²) in [7, 11) is 4.78. The molecule has 0 saturated carbocycles. The lowest BCUT2D eigenvalue weighted by Gasteiger charge is -2.14. The first kappa shape index (κ1) is 13.1. The first-order chi connectivity index (χ1) is 8.21. The third-order valence-corrected chi connectivity index (χ3v) is 3.03. The average Bonchev–Trinajstić information content (AvgIpc) is 2.52. The van der Waals surface area contributed by atoms with E-state index in [2.05, 4.69) is 30.9 Å². The zero-order chi connectivity index (χ0) is 13.7. The van der Waals surface area contributed by atoms with E-state index in [1.807, 2.05) is 0 Å². The van der Waals surface area contributed by atoms with Gasteiger partial charge in [0.05, 0.1) is 0 Å². The fraction of sp³-hybridized carbons (Fsp3) is 0.444. The van der Waals surface area contributed by atoms with Gasteiger partial charge < -0.3 is 9.47 Å². The van der Waals surface area contributed by atoms with Crippen LogP contribution in [0.15, 0.2) is 4.73 Å². The number of hydrogen-bond donors (Lipinski definition) is 0. The van der Waals surface area contributed by atoms with Crippen LogP contribution in [0.4, 0.5) is 19.0 Å². The molecule has 0 atom stereocenters. The molecular weight excluding hydrogens is 315 g/mol. The number of hydrogen-bond acceptors (Lipinski definition) is 4. The number of anilines is 1. The predicted octanol–water partition coefficient (Wildman–Crippen LogP) is 2.21. The second-order valence-corrected chi connectivity index (χ2v) is 4.58. The first-order valence-electron chi connectivity index (χ1n) is 4.86. The van der Waals surface area contributed by atoms with Gasteiger partial charge in [-0.2, -0.15) is 13.2 Å². The second-order valence-electron chi connectivity index (χ2n) is 3.88. The highest BCUT2D eigenvalue weighted by atomic mass is 79.9. The van der Waals surface area contributed by atoms with E-state index >= 15 is 0 Å². The molecular formula is C9H9BrF3N5. The summed E-state index contributed by atoms with van der Waals surface area (Å²) in [6, 6.07) is 0. The summed E-state index contributed by atoms with van der Waals surface area (Å²) in [6.07, 6.45) is -4.59. The third-order valence-electron chi connectivity index (χ3n) is 2.32. The number of imidazole rings is 1. The van der Waals surface area contributed by atoms with Gasteiger partial charge in [-0.25, -0.2) is 15.0 Å². The molecule has 0 aromatic carbocycles. The van der Waals surface area contributed by atoms with Gasteiger partial charge in [0.1, 0.15) is 0 Å². The lowest BCUT2D eigenvalue weighted by molar-refractivity contribution is -0.144. The Bertz CT molecular complexity index is 604. The van der Waals surface area contributed by atoms with E-state index in [0.717, 1.165) is 0 Å². The highest BCUT2D eigenvalue weighted by Gasteiger charge is 2.36. The smallest absolute Gasteiger partial charge is 0.361 e. The molecule has 0 bridgehead atoms. The van der Waals surface area contributed by atoms with Crippen LogP contribution in [-0.4, -0.2) is 33.6 Å². The van der Waals surface area contributed by atoms with Gasteiger partial charge in [0.15, 0.2) is 21.7 Å². The third kappa shape index (κ3) is 2.02. The molecule has 5 nitrogen and oxygen atoms in total. The molecule has 98 valence electrons. The van der Waals surface area contributed by atoms with E-state index in [1.54, 1.807) is 21.1 Å². The summed E-state index contributed by atoms with van der Waals surface area (Å²) in [6.45, 7) is 0. The van der Waals surface area contributed by atoms with Crippen molar-refractivity contribution in [2.45, 2.75) is 6.18 Å². The molecule has 0 fully saturated rings. The largest absolute Gasteiger partial charge is 0.451 e. The Kier molecular flexibility index (Phi) is 2.96. The average molecular weight is 324 g/mol. The minimum absolute atomic E-state index is 0.132. The SMILES string of the molecule is CN(C)c1nc(C(F)(F)F)nc2c1nc(Br)n2C. The summed E-state index contributed by atoms with van der Waals surface area (Å²) in [5, 5.41) is 0. The molecule has 0 N–H and O–H groups in total. The van der Waals surface area contributed by atoms with Crippen molar-refractivity contribution < 1.29 is 13.2 Å².